The molecule has 0 spiro atoms. The van der Waals surface area contributed by atoms with Crippen LogP contribution in [-0.2, 0) is 4.79 Å². The van der Waals surface area contributed by atoms with Crippen molar-refractivity contribution in [2.45, 2.75) is 111 Å². The van der Waals surface area contributed by atoms with Crippen molar-refractivity contribution in [3.63, 3.8) is 0 Å². The van der Waals surface area contributed by atoms with Gasteiger partial charge in [-0.1, -0.05) is 46.6 Å². The normalized spacial score (nSPS) is 41.0. The minimum Gasteiger partial charge on any atom is -0.368 e. The summed E-state index contributed by atoms with van der Waals surface area (Å²) in [5.74, 6) is 1.28. The fourth-order valence-corrected chi connectivity index (χ4v) is 9.02. The van der Waals surface area contributed by atoms with Gasteiger partial charge in [0.15, 0.2) is 17.9 Å². The second kappa shape index (κ2) is 9.28. The van der Waals surface area contributed by atoms with Gasteiger partial charge in [-0.25, -0.2) is 0 Å². The van der Waals surface area contributed by atoms with Gasteiger partial charge >= 0.3 is 0 Å². The van der Waals surface area contributed by atoms with Crippen molar-refractivity contribution < 1.29 is 25.2 Å². The third-order valence-corrected chi connectivity index (χ3v) is 11.2. The fraction of sp³-hybridized carbons (Fsp3) is 0.897. The van der Waals surface area contributed by atoms with Crippen LogP contribution in [0, 0.1) is 52.3 Å². The Kier molecular flexibility index (Phi) is 7.18. The van der Waals surface area contributed by atoms with Crippen LogP contribution in [0.15, 0.2) is 11.6 Å². The first-order valence-corrected chi connectivity index (χ1v) is 13.8. The molecule has 0 aromatic carbocycles. The summed E-state index contributed by atoms with van der Waals surface area (Å²) in [5, 5.41) is 39.5. The first-order chi connectivity index (χ1) is 15.8. The third kappa shape index (κ3) is 4.55. The van der Waals surface area contributed by atoms with Gasteiger partial charge in [-0.05, 0) is 90.9 Å². The molecular weight excluding hydrogens is 428 g/mol. The summed E-state index contributed by atoms with van der Waals surface area (Å²) in [6.07, 6.45) is 8.98. The monoisotopic (exact) mass is 476 g/mol. The summed E-state index contributed by atoms with van der Waals surface area (Å²) in [5.41, 5.74) is 1.05. The number of carbonyl (C=O) groups is 1. The predicted molar refractivity (Wildman–Crippen MR) is 132 cm³/mol. The molecule has 3 saturated carbocycles. The lowest BCUT2D eigenvalue weighted by Crippen LogP contribution is -2.55. The first-order valence-electron chi connectivity index (χ1n) is 13.8. The van der Waals surface area contributed by atoms with Crippen LogP contribution in [0.25, 0.3) is 0 Å². The van der Waals surface area contributed by atoms with Crippen LogP contribution in [0.2, 0.25) is 0 Å². The number of aliphatic hydroxyl groups is 4. The van der Waals surface area contributed by atoms with Gasteiger partial charge in [-0.3, -0.25) is 4.79 Å². The lowest BCUT2D eigenvalue weighted by molar-refractivity contribution is -0.189. The molecule has 0 aromatic heterocycles. The van der Waals surface area contributed by atoms with Crippen molar-refractivity contribution >= 4 is 5.78 Å². The van der Waals surface area contributed by atoms with E-state index in [1.54, 1.807) is 6.08 Å². The van der Waals surface area contributed by atoms with E-state index in [0.29, 0.717) is 48.3 Å². The van der Waals surface area contributed by atoms with Crippen molar-refractivity contribution in [2.75, 3.05) is 0 Å². The van der Waals surface area contributed by atoms with Gasteiger partial charge in [0.05, 0.1) is 0 Å². The van der Waals surface area contributed by atoms with Crippen LogP contribution in [0.4, 0.5) is 0 Å². The molecule has 0 aromatic rings. The molecule has 0 amide bonds. The molecule has 4 rings (SSSR count). The maximum atomic E-state index is 13.5. The SMILES string of the molecule is CC(C)[C@H](CC[C@@H](C)[C@H]1CC[C@H]2[C@H]3C(=O)C=C4CC(O)(O)CC[C@@]4(C)[C@H]3CC[C@]12C)CC(O)O. The number of carbonyl (C=O) groups excluding carboxylic acids is 1. The van der Waals surface area contributed by atoms with Crippen molar-refractivity contribution in [3.8, 4) is 0 Å². The lowest BCUT2D eigenvalue weighted by atomic mass is 9.46. The maximum absolute atomic E-state index is 13.5. The molecule has 0 aliphatic heterocycles. The molecule has 0 heterocycles. The van der Waals surface area contributed by atoms with E-state index >= 15 is 0 Å². The quantitative estimate of drug-likeness (QED) is 0.395. The lowest BCUT2D eigenvalue weighted by Gasteiger charge is -2.58. The molecule has 3 fully saturated rings. The van der Waals surface area contributed by atoms with E-state index in [0.717, 1.165) is 44.1 Å². The number of ketones is 1. The Morgan fingerprint density at radius 2 is 1.68 bits per heavy atom. The van der Waals surface area contributed by atoms with Crippen LogP contribution in [0.1, 0.15) is 98.8 Å². The summed E-state index contributed by atoms with van der Waals surface area (Å²) in [7, 11) is 0. The highest BCUT2D eigenvalue weighted by atomic mass is 16.5. The first kappa shape index (κ1) is 26.3. The molecule has 4 aliphatic rings. The molecule has 8 atom stereocenters. The summed E-state index contributed by atoms with van der Waals surface area (Å²) < 4.78 is 0. The Morgan fingerprint density at radius 3 is 2.32 bits per heavy atom. The number of aliphatic hydroxyl groups excluding tert-OH is 1. The van der Waals surface area contributed by atoms with E-state index in [9.17, 15) is 25.2 Å². The average molecular weight is 477 g/mol. The molecule has 5 nitrogen and oxygen atoms in total. The van der Waals surface area contributed by atoms with Crippen LogP contribution in [-0.4, -0.2) is 38.3 Å². The zero-order chi connectivity index (χ0) is 25.1. The van der Waals surface area contributed by atoms with Crippen LogP contribution in [0.5, 0.6) is 0 Å². The van der Waals surface area contributed by atoms with E-state index < -0.39 is 12.1 Å². The average Bonchev–Trinajstić information content (AvgIpc) is 3.09. The number of hydrogen-bond acceptors (Lipinski definition) is 5. The minimum absolute atomic E-state index is 0.0718. The Balaban J connectivity index is 1.50. The van der Waals surface area contributed by atoms with Gasteiger partial charge in [0.2, 0.25) is 0 Å². The number of hydrogen-bond donors (Lipinski definition) is 4. The van der Waals surface area contributed by atoms with Crippen molar-refractivity contribution in [3.05, 3.63) is 11.6 Å². The van der Waals surface area contributed by atoms with Crippen LogP contribution < -0.4 is 0 Å². The summed E-state index contributed by atoms with van der Waals surface area (Å²) in [6.45, 7) is 11.4. The van der Waals surface area contributed by atoms with Gasteiger partial charge in [0.25, 0.3) is 0 Å². The Hall–Kier alpha value is -0.750. The highest BCUT2D eigenvalue weighted by molar-refractivity contribution is 5.94. The van der Waals surface area contributed by atoms with Crippen LogP contribution in [0.3, 0.4) is 0 Å². The fourth-order valence-electron chi connectivity index (χ4n) is 9.02. The van der Waals surface area contributed by atoms with Gasteiger partial charge in [0.1, 0.15) is 0 Å². The number of rotatable bonds is 7. The zero-order valence-corrected chi connectivity index (χ0v) is 22.0. The van der Waals surface area contributed by atoms with Crippen LogP contribution >= 0.6 is 0 Å². The summed E-state index contributed by atoms with van der Waals surface area (Å²) in [4.78, 5) is 13.5. The molecule has 34 heavy (non-hydrogen) atoms. The third-order valence-electron chi connectivity index (χ3n) is 11.2. The van der Waals surface area contributed by atoms with Crippen molar-refractivity contribution in [2.24, 2.45) is 52.3 Å². The topological polar surface area (TPSA) is 98.0 Å². The van der Waals surface area contributed by atoms with Gasteiger partial charge < -0.3 is 20.4 Å². The second-order valence-corrected chi connectivity index (χ2v) is 13.4. The Bertz CT molecular complexity index is 800. The van der Waals surface area contributed by atoms with E-state index in [2.05, 4.69) is 34.6 Å². The van der Waals surface area contributed by atoms with Gasteiger partial charge in [0, 0.05) is 25.2 Å². The Labute approximate surface area is 206 Å². The van der Waals surface area contributed by atoms with Gasteiger partial charge in [-0.15, -0.1) is 0 Å². The minimum atomic E-state index is -1.67. The Morgan fingerprint density at radius 1 is 0.971 bits per heavy atom. The zero-order valence-electron chi connectivity index (χ0n) is 22.0. The highest BCUT2D eigenvalue weighted by Gasteiger charge is 2.62. The molecular formula is C29H48O5. The molecule has 4 aliphatic carbocycles. The molecule has 0 unspecified atom stereocenters. The van der Waals surface area contributed by atoms with E-state index in [-0.39, 0.29) is 29.0 Å². The standard InChI is InChI=1S/C29H48O5/c1-17(2)19(14-25(31)32)7-6-18(3)21-8-9-22-26-23(10-11-28(21,22)5)27(4)12-13-29(33,34)16-20(27)15-24(26)30/h15,17-19,21-23,25-26,31-34H,6-14,16H2,1-5H3/t18-,19-,21-,22+,23+,26-,27-,28-/m1/s1. The molecule has 5 heteroatoms. The second-order valence-electron chi connectivity index (χ2n) is 13.4. The van der Waals surface area contributed by atoms with E-state index in [4.69, 9.17) is 0 Å². The maximum Gasteiger partial charge on any atom is 0.166 e. The van der Waals surface area contributed by atoms with Crippen molar-refractivity contribution in [1.29, 1.82) is 0 Å². The smallest absolute Gasteiger partial charge is 0.166 e. The molecule has 0 bridgehead atoms. The number of fused-ring (bicyclic) bond motifs is 5. The molecule has 0 saturated heterocycles. The van der Waals surface area contributed by atoms with Crippen molar-refractivity contribution in [1.82, 2.24) is 0 Å². The summed E-state index contributed by atoms with van der Waals surface area (Å²) in [6, 6.07) is 0. The predicted octanol–water partition coefficient (Wildman–Crippen LogP) is 4.81. The summed E-state index contributed by atoms with van der Waals surface area (Å²) >= 11 is 0. The molecule has 194 valence electrons. The van der Waals surface area contributed by atoms with E-state index in [1.165, 1.54) is 6.42 Å². The molecule has 0 radical (unpaired) electrons. The largest absolute Gasteiger partial charge is 0.368 e. The molecule has 4 N–H and O–H groups in total. The van der Waals surface area contributed by atoms with E-state index in [1.807, 2.05) is 0 Å². The highest BCUT2D eigenvalue weighted by Crippen LogP contribution is 2.67. The number of allylic oxidation sites excluding steroid dienone is 1. The van der Waals surface area contributed by atoms with Gasteiger partial charge in [-0.2, -0.15) is 0 Å².